The normalized spacial score (nSPS) is 11.9. The van der Waals surface area contributed by atoms with Crippen molar-refractivity contribution in [2.75, 3.05) is 13.2 Å². The van der Waals surface area contributed by atoms with Gasteiger partial charge < -0.3 is 20.5 Å². The van der Waals surface area contributed by atoms with Gasteiger partial charge in [0.15, 0.2) is 5.96 Å². The topological polar surface area (TPSA) is 81.8 Å². The van der Waals surface area contributed by atoms with Crippen LogP contribution in [0, 0.1) is 0 Å². The second-order valence-electron chi connectivity index (χ2n) is 4.98. The van der Waals surface area contributed by atoms with Crippen molar-refractivity contribution >= 4 is 17.6 Å². The van der Waals surface area contributed by atoms with Gasteiger partial charge in [0.2, 0.25) is 5.88 Å². The van der Waals surface area contributed by atoms with Crippen LogP contribution in [0.5, 0.6) is 11.6 Å². The Morgan fingerprint density at radius 3 is 2.54 bits per heavy atom. The first kappa shape index (κ1) is 19.6. The summed E-state index contributed by atoms with van der Waals surface area (Å²) < 4.78 is 45.4. The quantitative estimate of drug-likeness (QED) is 0.432. The molecular formula is C16H16ClF3N4O2. The number of aromatic nitrogens is 1. The second-order valence-corrected chi connectivity index (χ2v) is 5.42. The number of nitrogens with zero attached hydrogens (tertiary/aromatic N) is 2. The van der Waals surface area contributed by atoms with E-state index in [0.717, 1.165) is 0 Å². The smallest absolute Gasteiger partial charge is 0.476 e. The molecule has 0 spiro atoms. The predicted octanol–water partition coefficient (Wildman–Crippen LogP) is 3.12. The largest absolute Gasteiger partial charge is 0.573 e. The van der Waals surface area contributed by atoms with Gasteiger partial charge in [0.05, 0.1) is 18.1 Å². The van der Waals surface area contributed by atoms with E-state index < -0.39 is 6.36 Å². The molecule has 2 aromatic rings. The lowest BCUT2D eigenvalue weighted by atomic mass is 10.2. The van der Waals surface area contributed by atoms with E-state index in [-0.39, 0.29) is 18.3 Å². The summed E-state index contributed by atoms with van der Waals surface area (Å²) in [6.07, 6.45) is -3.23. The Labute approximate surface area is 152 Å². The SMILES string of the molecule is NC(=NCc1ccc(OC(F)(F)F)cc1)NCCOc1ccc(Cl)cn1. The van der Waals surface area contributed by atoms with Crippen molar-refractivity contribution in [2.24, 2.45) is 10.7 Å². The number of nitrogens with two attached hydrogens (primary N) is 1. The molecule has 2 rings (SSSR count). The minimum atomic E-state index is -4.71. The Morgan fingerprint density at radius 1 is 1.19 bits per heavy atom. The highest BCUT2D eigenvalue weighted by Gasteiger charge is 2.30. The Hall–Kier alpha value is -2.68. The molecule has 1 heterocycles. The van der Waals surface area contributed by atoms with Gasteiger partial charge in [0.25, 0.3) is 0 Å². The lowest BCUT2D eigenvalue weighted by Gasteiger charge is -2.09. The molecule has 0 atom stereocenters. The number of nitrogens with one attached hydrogen (secondary N) is 1. The molecule has 0 aliphatic carbocycles. The van der Waals surface area contributed by atoms with Crippen LogP contribution in [0.15, 0.2) is 47.6 Å². The van der Waals surface area contributed by atoms with Crippen molar-refractivity contribution in [3.8, 4) is 11.6 Å². The highest BCUT2D eigenvalue weighted by atomic mass is 35.5. The van der Waals surface area contributed by atoms with Crippen molar-refractivity contribution in [2.45, 2.75) is 12.9 Å². The molecule has 0 saturated heterocycles. The third-order valence-corrected chi connectivity index (χ3v) is 3.17. The first-order valence-electron chi connectivity index (χ1n) is 7.45. The van der Waals surface area contributed by atoms with Crippen LogP contribution in [0.3, 0.4) is 0 Å². The van der Waals surface area contributed by atoms with Crippen LogP contribution in [0.25, 0.3) is 0 Å². The Balaban J connectivity index is 1.71. The molecule has 10 heteroatoms. The molecule has 0 bridgehead atoms. The molecule has 0 aliphatic rings. The molecular weight excluding hydrogens is 373 g/mol. The van der Waals surface area contributed by atoms with E-state index in [2.05, 4.69) is 20.0 Å². The molecule has 0 radical (unpaired) electrons. The summed E-state index contributed by atoms with van der Waals surface area (Å²) in [5.74, 6) is 0.338. The Morgan fingerprint density at radius 2 is 1.92 bits per heavy atom. The zero-order valence-electron chi connectivity index (χ0n) is 13.5. The van der Waals surface area contributed by atoms with Gasteiger partial charge >= 0.3 is 6.36 Å². The van der Waals surface area contributed by atoms with Crippen LogP contribution in [-0.4, -0.2) is 30.5 Å². The fourth-order valence-corrected chi connectivity index (χ4v) is 1.92. The van der Waals surface area contributed by atoms with Crippen LogP contribution in [0.4, 0.5) is 13.2 Å². The molecule has 3 N–H and O–H groups in total. The summed E-state index contributed by atoms with van der Waals surface area (Å²) in [4.78, 5) is 8.06. The highest BCUT2D eigenvalue weighted by Crippen LogP contribution is 2.22. The van der Waals surface area contributed by atoms with Crippen molar-refractivity contribution < 1.29 is 22.6 Å². The van der Waals surface area contributed by atoms with Gasteiger partial charge in [-0.15, -0.1) is 13.2 Å². The van der Waals surface area contributed by atoms with E-state index in [1.165, 1.54) is 30.5 Å². The van der Waals surface area contributed by atoms with E-state index in [0.29, 0.717) is 29.6 Å². The number of rotatable bonds is 7. The number of ether oxygens (including phenoxy) is 2. The average Bonchev–Trinajstić information content (AvgIpc) is 2.58. The number of alkyl halides is 3. The van der Waals surface area contributed by atoms with Crippen LogP contribution >= 0.6 is 11.6 Å². The summed E-state index contributed by atoms with van der Waals surface area (Å²) in [6.45, 7) is 0.928. The number of aliphatic imine (C=N–C) groups is 1. The summed E-state index contributed by atoms with van der Waals surface area (Å²) in [5, 5.41) is 3.37. The van der Waals surface area contributed by atoms with Gasteiger partial charge in [-0.25, -0.2) is 9.98 Å². The third kappa shape index (κ3) is 7.47. The molecule has 1 aromatic carbocycles. The third-order valence-electron chi connectivity index (χ3n) is 2.95. The fourth-order valence-electron chi connectivity index (χ4n) is 1.81. The van der Waals surface area contributed by atoms with Gasteiger partial charge in [-0.05, 0) is 23.8 Å². The van der Waals surface area contributed by atoms with Gasteiger partial charge in [0, 0.05) is 12.3 Å². The standard InChI is InChI=1S/C16H16ClF3N4O2/c17-12-3-6-14(23-10-12)25-8-7-22-15(21)24-9-11-1-4-13(5-2-11)26-16(18,19)20/h1-6,10H,7-9H2,(H3,21,22,24). The van der Waals surface area contributed by atoms with Gasteiger partial charge in [-0.2, -0.15) is 0 Å². The number of hydrogen-bond acceptors (Lipinski definition) is 4. The molecule has 6 nitrogen and oxygen atoms in total. The Kier molecular flexibility index (Phi) is 6.90. The molecule has 0 fully saturated rings. The molecule has 140 valence electrons. The first-order chi connectivity index (χ1) is 12.3. The number of hydrogen-bond donors (Lipinski definition) is 2. The zero-order valence-corrected chi connectivity index (χ0v) is 14.2. The maximum Gasteiger partial charge on any atom is 0.573 e. The summed E-state index contributed by atoms with van der Waals surface area (Å²) in [5.41, 5.74) is 6.40. The predicted molar refractivity (Wildman–Crippen MR) is 91.2 cm³/mol. The monoisotopic (exact) mass is 388 g/mol. The number of pyridine rings is 1. The van der Waals surface area contributed by atoms with Crippen LogP contribution < -0.4 is 20.5 Å². The lowest BCUT2D eigenvalue weighted by molar-refractivity contribution is -0.274. The van der Waals surface area contributed by atoms with E-state index >= 15 is 0 Å². The summed E-state index contributed by atoms with van der Waals surface area (Å²) in [7, 11) is 0. The van der Waals surface area contributed by atoms with Gasteiger partial charge in [0.1, 0.15) is 12.4 Å². The van der Waals surface area contributed by atoms with Crippen molar-refractivity contribution in [1.82, 2.24) is 10.3 Å². The second kappa shape index (κ2) is 9.14. The summed E-state index contributed by atoms with van der Waals surface area (Å²) >= 11 is 5.72. The number of halogens is 4. The minimum Gasteiger partial charge on any atom is -0.476 e. The molecule has 26 heavy (non-hydrogen) atoms. The average molecular weight is 389 g/mol. The number of benzene rings is 1. The zero-order chi connectivity index (χ0) is 19.0. The summed E-state index contributed by atoms with van der Waals surface area (Å²) in [6, 6.07) is 8.70. The fraction of sp³-hybridized carbons (Fsp3) is 0.250. The van der Waals surface area contributed by atoms with Gasteiger partial charge in [-0.3, -0.25) is 0 Å². The van der Waals surface area contributed by atoms with Crippen LogP contribution in [0.1, 0.15) is 5.56 Å². The van der Waals surface area contributed by atoms with Crippen LogP contribution in [-0.2, 0) is 6.54 Å². The van der Waals surface area contributed by atoms with Crippen LogP contribution in [0.2, 0.25) is 5.02 Å². The lowest BCUT2D eigenvalue weighted by Crippen LogP contribution is -2.34. The maximum absolute atomic E-state index is 12.1. The minimum absolute atomic E-state index is 0.188. The molecule has 1 aromatic heterocycles. The first-order valence-corrected chi connectivity index (χ1v) is 7.82. The number of guanidine groups is 1. The Bertz CT molecular complexity index is 722. The maximum atomic E-state index is 12.1. The van der Waals surface area contributed by atoms with Crippen molar-refractivity contribution in [3.05, 3.63) is 53.2 Å². The van der Waals surface area contributed by atoms with E-state index in [4.69, 9.17) is 22.1 Å². The molecule has 0 saturated carbocycles. The highest BCUT2D eigenvalue weighted by molar-refractivity contribution is 6.30. The van der Waals surface area contributed by atoms with Crippen molar-refractivity contribution in [1.29, 1.82) is 0 Å². The molecule has 0 amide bonds. The van der Waals surface area contributed by atoms with E-state index in [9.17, 15) is 13.2 Å². The molecule has 0 unspecified atom stereocenters. The van der Waals surface area contributed by atoms with E-state index in [1.807, 2.05) is 0 Å². The van der Waals surface area contributed by atoms with Crippen molar-refractivity contribution in [3.63, 3.8) is 0 Å². The van der Waals surface area contributed by atoms with Gasteiger partial charge in [-0.1, -0.05) is 23.7 Å². The molecule has 0 aliphatic heterocycles. The van der Waals surface area contributed by atoms with E-state index in [1.54, 1.807) is 12.1 Å².